The number of allylic oxidation sites excluding steroid dienone is 4. The Morgan fingerprint density at radius 1 is 0.508 bits per heavy atom. The normalized spacial score (nSPS) is 13.5. The third kappa shape index (κ3) is 47.9. The molecule has 0 radical (unpaired) electrons. The van der Waals surface area contributed by atoms with E-state index >= 15 is 0 Å². The van der Waals surface area contributed by atoms with E-state index in [1.54, 1.807) is 0 Å². The van der Waals surface area contributed by atoms with Crippen LogP contribution in [0.5, 0.6) is 0 Å². The second-order valence-corrected chi connectivity index (χ2v) is 18.5. The molecular formula is C50H98NO7P. The Morgan fingerprint density at radius 2 is 0.898 bits per heavy atom. The number of hydrogen-bond acceptors (Lipinski definition) is 7. The Bertz CT molecular complexity index is 962. The van der Waals surface area contributed by atoms with Crippen LogP contribution >= 0.6 is 7.82 Å². The smallest absolute Gasteiger partial charge is 0.457 e. The summed E-state index contributed by atoms with van der Waals surface area (Å²) in [5.41, 5.74) is 5.39. The quantitative estimate of drug-likeness (QED) is 0.0269. The molecule has 350 valence electrons. The minimum absolute atomic E-state index is 0.0930. The summed E-state index contributed by atoms with van der Waals surface area (Å²) in [6.45, 7) is 4.96. The van der Waals surface area contributed by atoms with Gasteiger partial charge >= 0.3 is 13.8 Å². The topological polar surface area (TPSA) is 117 Å². The highest BCUT2D eigenvalue weighted by atomic mass is 31.2. The van der Waals surface area contributed by atoms with Crippen LogP contribution in [0.1, 0.15) is 251 Å². The zero-order valence-corrected chi connectivity index (χ0v) is 39.9. The van der Waals surface area contributed by atoms with E-state index in [4.69, 9.17) is 24.3 Å². The van der Waals surface area contributed by atoms with Crippen molar-refractivity contribution in [2.75, 3.05) is 33.0 Å². The predicted molar refractivity (Wildman–Crippen MR) is 252 cm³/mol. The maximum Gasteiger partial charge on any atom is 0.472 e. The summed E-state index contributed by atoms with van der Waals surface area (Å²) >= 11 is 0. The molecule has 0 aliphatic heterocycles. The maximum absolute atomic E-state index is 12.6. The predicted octanol–water partition coefficient (Wildman–Crippen LogP) is 15.6. The van der Waals surface area contributed by atoms with Gasteiger partial charge in [0.25, 0.3) is 0 Å². The van der Waals surface area contributed by atoms with Crippen LogP contribution in [-0.2, 0) is 27.9 Å². The molecular weight excluding hydrogens is 758 g/mol. The molecule has 0 saturated heterocycles. The fourth-order valence-electron chi connectivity index (χ4n) is 7.38. The number of unbranched alkanes of at least 4 members (excludes halogenated alkanes) is 32. The highest BCUT2D eigenvalue weighted by Crippen LogP contribution is 2.43. The van der Waals surface area contributed by atoms with E-state index in [2.05, 4.69) is 38.2 Å². The van der Waals surface area contributed by atoms with E-state index in [1.807, 2.05) is 0 Å². The molecule has 2 unspecified atom stereocenters. The minimum atomic E-state index is -4.28. The van der Waals surface area contributed by atoms with Crippen LogP contribution < -0.4 is 5.73 Å². The number of nitrogens with two attached hydrogens (primary N) is 1. The van der Waals surface area contributed by atoms with Crippen molar-refractivity contribution in [2.24, 2.45) is 5.73 Å². The number of phosphoric acid groups is 1. The van der Waals surface area contributed by atoms with Gasteiger partial charge in [0.15, 0.2) is 0 Å². The Labute approximate surface area is 366 Å². The van der Waals surface area contributed by atoms with Crippen molar-refractivity contribution >= 4 is 13.8 Å². The summed E-state index contributed by atoms with van der Waals surface area (Å²) in [6, 6.07) is 0. The molecule has 0 bridgehead atoms. The molecule has 59 heavy (non-hydrogen) atoms. The first-order valence-corrected chi connectivity index (χ1v) is 26.8. The summed E-state index contributed by atoms with van der Waals surface area (Å²) in [5.74, 6) is -0.325. The van der Waals surface area contributed by atoms with Crippen molar-refractivity contribution in [2.45, 2.75) is 258 Å². The number of esters is 1. The van der Waals surface area contributed by atoms with Crippen LogP contribution in [0, 0.1) is 0 Å². The number of rotatable bonds is 49. The SMILES string of the molecule is CCCCCCC/C=C\C/C=C\CCCCCCCCCCCCCCOCC(COP(=O)(O)OCCN)OC(=O)CCCCCCCCCCCCCCCCCC. The van der Waals surface area contributed by atoms with Crippen LogP contribution in [-0.4, -0.2) is 49.9 Å². The number of carbonyl (C=O) groups is 1. The van der Waals surface area contributed by atoms with Crippen molar-refractivity contribution in [3.8, 4) is 0 Å². The molecule has 0 amide bonds. The summed E-state index contributed by atoms with van der Waals surface area (Å²) in [4.78, 5) is 22.6. The monoisotopic (exact) mass is 856 g/mol. The molecule has 9 heteroatoms. The van der Waals surface area contributed by atoms with Gasteiger partial charge in [-0.05, 0) is 44.9 Å². The summed E-state index contributed by atoms with van der Waals surface area (Å²) < 4.78 is 33.6. The van der Waals surface area contributed by atoms with Gasteiger partial charge in [-0.2, -0.15) is 0 Å². The van der Waals surface area contributed by atoms with Gasteiger partial charge in [0.1, 0.15) is 6.10 Å². The van der Waals surface area contributed by atoms with Gasteiger partial charge in [-0.25, -0.2) is 4.57 Å². The molecule has 0 saturated carbocycles. The van der Waals surface area contributed by atoms with Crippen molar-refractivity contribution in [1.82, 2.24) is 0 Å². The van der Waals surface area contributed by atoms with Crippen molar-refractivity contribution < 1.29 is 32.8 Å². The van der Waals surface area contributed by atoms with Gasteiger partial charge in [-0.15, -0.1) is 0 Å². The van der Waals surface area contributed by atoms with Crippen molar-refractivity contribution in [3.63, 3.8) is 0 Å². The zero-order valence-electron chi connectivity index (χ0n) is 39.0. The van der Waals surface area contributed by atoms with E-state index in [-0.39, 0.29) is 32.3 Å². The average Bonchev–Trinajstić information content (AvgIpc) is 3.23. The fraction of sp³-hybridized carbons (Fsp3) is 0.900. The van der Waals surface area contributed by atoms with Gasteiger partial charge in [-0.1, -0.05) is 224 Å². The average molecular weight is 856 g/mol. The lowest BCUT2D eigenvalue weighted by molar-refractivity contribution is -0.154. The second kappa shape index (κ2) is 48.0. The van der Waals surface area contributed by atoms with Crippen molar-refractivity contribution in [3.05, 3.63) is 24.3 Å². The van der Waals surface area contributed by atoms with E-state index in [0.717, 1.165) is 38.5 Å². The van der Waals surface area contributed by atoms with Crippen LogP contribution in [0.25, 0.3) is 0 Å². The standard InChI is InChI=1S/C50H98NO7P/c1-3-5-7-9-11-13-15-17-19-21-22-23-24-25-26-27-28-30-32-34-36-38-40-42-45-55-47-49(48-57-59(53,54)56-46-44-51)58-50(52)43-41-39-37-35-33-31-29-20-18-16-14-12-10-8-6-4-2/h15,17,21-22,49H,3-14,16,18-20,23-48,51H2,1-2H3,(H,53,54)/b17-15-,22-21-. The third-order valence-electron chi connectivity index (χ3n) is 11.1. The van der Waals surface area contributed by atoms with E-state index in [9.17, 15) is 14.3 Å². The number of carbonyl (C=O) groups excluding carboxylic acids is 1. The van der Waals surface area contributed by atoms with Gasteiger partial charge in [0.05, 0.1) is 19.8 Å². The maximum atomic E-state index is 12.6. The lowest BCUT2D eigenvalue weighted by Gasteiger charge is -2.20. The summed E-state index contributed by atoms with van der Waals surface area (Å²) in [6.07, 6.45) is 54.9. The summed E-state index contributed by atoms with van der Waals surface area (Å²) in [5, 5.41) is 0. The van der Waals surface area contributed by atoms with Crippen molar-refractivity contribution in [1.29, 1.82) is 0 Å². The molecule has 0 rings (SSSR count). The first kappa shape index (κ1) is 58.0. The second-order valence-electron chi connectivity index (χ2n) is 17.0. The fourth-order valence-corrected chi connectivity index (χ4v) is 8.15. The highest BCUT2D eigenvalue weighted by molar-refractivity contribution is 7.47. The molecule has 3 N–H and O–H groups in total. The molecule has 0 aliphatic rings. The van der Waals surface area contributed by atoms with Crippen LogP contribution in [0.15, 0.2) is 24.3 Å². The Hall–Kier alpha value is -1.02. The Morgan fingerprint density at radius 3 is 1.32 bits per heavy atom. The third-order valence-corrected chi connectivity index (χ3v) is 12.1. The van der Waals surface area contributed by atoms with Crippen LogP contribution in [0.3, 0.4) is 0 Å². The van der Waals surface area contributed by atoms with Gasteiger partial charge in [-0.3, -0.25) is 13.8 Å². The highest BCUT2D eigenvalue weighted by Gasteiger charge is 2.25. The number of hydrogen-bond donors (Lipinski definition) is 2. The molecule has 2 atom stereocenters. The molecule has 0 fully saturated rings. The zero-order chi connectivity index (χ0) is 43.0. The molecule has 0 spiro atoms. The van der Waals surface area contributed by atoms with E-state index < -0.39 is 13.9 Å². The molecule has 0 aromatic carbocycles. The molecule has 0 heterocycles. The Kier molecular flexibility index (Phi) is 47.2. The number of ether oxygens (including phenoxy) is 2. The largest absolute Gasteiger partial charge is 0.472 e. The molecule has 0 aliphatic carbocycles. The molecule has 0 aromatic rings. The van der Waals surface area contributed by atoms with Gasteiger partial charge in [0.2, 0.25) is 0 Å². The number of phosphoric ester groups is 1. The minimum Gasteiger partial charge on any atom is -0.457 e. The first-order chi connectivity index (χ1) is 28.9. The summed E-state index contributed by atoms with van der Waals surface area (Å²) in [7, 11) is -4.28. The first-order valence-electron chi connectivity index (χ1n) is 25.3. The van der Waals surface area contributed by atoms with Crippen LogP contribution in [0.4, 0.5) is 0 Å². The van der Waals surface area contributed by atoms with Gasteiger partial charge in [0, 0.05) is 19.6 Å². The molecule has 8 nitrogen and oxygen atoms in total. The Balaban J connectivity index is 3.90. The molecule has 0 aromatic heterocycles. The lowest BCUT2D eigenvalue weighted by atomic mass is 10.0. The van der Waals surface area contributed by atoms with Gasteiger partial charge < -0.3 is 20.1 Å². The van der Waals surface area contributed by atoms with Crippen LogP contribution in [0.2, 0.25) is 0 Å². The van der Waals surface area contributed by atoms with E-state index in [1.165, 1.54) is 193 Å². The van der Waals surface area contributed by atoms with E-state index in [0.29, 0.717) is 13.0 Å². The lowest BCUT2D eigenvalue weighted by Crippen LogP contribution is -2.28.